The fourth-order valence-electron chi connectivity index (χ4n) is 3.83. The maximum absolute atomic E-state index is 11.5. The van der Waals surface area contributed by atoms with Gasteiger partial charge < -0.3 is 15.3 Å². The van der Waals surface area contributed by atoms with Crippen LogP contribution in [0.15, 0.2) is 18.2 Å². The smallest absolute Gasteiger partial charge is 0.311 e. The Morgan fingerprint density at radius 3 is 1.54 bits per heavy atom. The Hall–Kier alpha value is -1.71. The molecule has 0 aromatic heterocycles. The van der Waals surface area contributed by atoms with Crippen LogP contribution < -0.4 is 0 Å². The minimum absolute atomic E-state index is 0.141. The highest BCUT2D eigenvalue weighted by Gasteiger charge is 2.25. The van der Waals surface area contributed by atoms with Crippen LogP contribution in [0.3, 0.4) is 0 Å². The summed E-state index contributed by atoms with van der Waals surface area (Å²) in [6.07, 6.45) is 18.1. The van der Waals surface area contributed by atoms with Gasteiger partial charge in [0.1, 0.15) is 11.5 Å². The van der Waals surface area contributed by atoms with E-state index in [4.69, 9.17) is 0 Å². The molecule has 0 amide bonds. The van der Waals surface area contributed by atoms with Crippen molar-refractivity contribution in [3.8, 4) is 11.5 Å². The van der Waals surface area contributed by atoms with Gasteiger partial charge in [-0.05, 0) is 18.6 Å². The summed E-state index contributed by atoms with van der Waals surface area (Å²) in [5.74, 6) is -2.12. The fourth-order valence-corrected chi connectivity index (χ4v) is 3.83. The molecule has 1 atom stereocenters. The summed E-state index contributed by atoms with van der Waals surface area (Å²) in [7, 11) is 0. The molecule has 0 aliphatic carbocycles. The normalized spacial score (nSPS) is 12.2. The number of carboxylic acids is 1. The first-order chi connectivity index (χ1) is 13.6. The van der Waals surface area contributed by atoms with E-state index >= 15 is 0 Å². The highest BCUT2D eigenvalue weighted by atomic mass is 16.4. The molecule has 0 heterocycles. The van der Waals surface area contributed by atoms with Crippen molar-refractivity contribution in [2.24, 2.45) is 0 Å². The number of phenols is 2. The lowest BCUT2D eigenvalue weighted by atomic mass is 9.91. The molecule has 28 heavy (non-hydrogen) atoms. The van der Waals surface area contributed by atoms with E-state index in [9.17, 15) is 20.1 Å². The Balaban J connectivity index is 2.07. The van der Waals surface area contributed by atoms with Crippen LogP contribution in [0.1, 0.15) is 115 Å². The van der Waals surface area contributed by atoms with Gasteiger partial charge in [0.25, 0.3) is 0 Å². The summed E-state index contributed by atoms with van der Waals surface area (Å²) in [5, 5.41) is 29.3. The number of benzene rings is 1. The Labute approximate surface area is 171 Å². The summed E-state index contributed by atoms with van der Waals surface area (Å²) in [4.78, 5) is 11.5. The molecule has 160 valence electrons. The van der Waals surface area contributed by atoms with Crippen molar-refractivity contribution < 1.29 is 20.1 Å². The van der Waals surface area contributed by atoms with E-state index in [1.54, 1.807) is 0 Å². The second kappa shape index (κ2) is 15.2. The molecule has 0 spiro atoms. The van der Waals surface area contributed by atoms with Crippen LogP contribution in [0, 0.1) is 0 Å². The fraction of sp³-hybridized carbons (Fsp3) is 0.708. The second-order valence-electron chi connectivity index (χ2n) is 7.99. The first-order valence-electron chi connectivity index (χ1n) is 11.3. The third-order valence-corrected chi connectivity index (χ3v) is 5.55. The maximum Gasteiger partial charge on any atom is 0.311 e. The number of carbonyl (C=O) groups is 1. The largest absolute Gasteiger partial charge is 0.508 e. The van der Waals surface area contributed by atoms with Gasteiger partial charge in [0, 0.05) is 5.56 Å². The van der Waals surface area contributed by atoms with E-state index in [2.05, 4.69) is 6.92 Å². The molecule has 0 fully saturated rings. The van der Waals surface area contributed by atoms with Crippen LogP contribution in [0.2, 0.25) is 0 Å². The van der Waals surface area contributed by atoms with Crippen molar-refractivity contribution in [1.82, 2.24) is 0 Å². The Morgan fingerprint density at radius 1 is 0.750 bits per heavy atom. The van der Waals surface area contributed by atoms with Crippen LogP contribution in [0.5, 0.6) is 11.5 Å². The number of carboxylic acid groups (broad SMARTS) is 1. The molecule has 0 aliphatic heterocycles. The number of hydrogen-bond acceptors (Lipinski definition) is 3. The van der Waals surface area contributed by atoms with Crippen molar-refractivity contribution in [3.05, 3.63) is 23.8 Å². The van der Waals surface area contributed by atoms with Gasteiger partial charge >= 0.3 is 5.97 Å². The van der Waals surface area contributed by atoms with Gasteiger partial charge in [0.05, 0.1) is 5.92 Å². The van der Waals surface area contributed by atoms with Crippen molar-refractivity contribution in [2.45, 2.75) is 109 Å². The third kappa shape index (κ3) is 10.0. The van der Waals surface area contributed by atoms with Gasteiger partial charge in [-0.15, -0.1) is 0 Å². The van der Waals surface area contributed by atoms with Gasteiger partial charge in [0.15, 0.2) is 0 Å². The molecule has 0 saturated heterocycles. The molecule has 0 radical (unpaired) electrons. The molecule has 1 rings (SSSR count). The van der Waals surface area contributed by atoms with Crippen molar-refractivity contribution in [3.63, 3.8) is 0 Å². The van der Waals surface area contributed by atoms with E-state index in [0.717, 1.165) is 19.3 Å². The van der Waals surface area contributed by atoms with Gasteiger partial charge in [-0.2, -0.15) is 0 Å². The standard InChI is InChI=1S/C24H40O4/c1-2-3-4-5-6-7-8-9-10-11-12-13-14-15-17-20(24(27)28)23-21(25)18-16-19-22(23)26/h16,18-20,25-26H,2-15,17H2,1H3,(H,27,28). The lowest BCUT2D eigenvalue weighted by Crippen LogP contribution is -2.12. The minimum atomic E-state index is -0.994. The molecule has 0 bridgehead atoms. The summed E-state index contributed by atoms with van der Waals surface area (Å²) in [6.45, 7) is 2.25. The molecule has 0 aliphatic rings. The molecule has 1 unspecified atom stereocenters. The number of rotatable bonds is 17. The maximum atomic E-state index is 11.5. The molecular weight excluding hydrogens is 352 g/mol. The van der Waals surface area contributed by atoms with E-state index < -0.39 is 11.9 Å². The average molecular weight is 393 g/mol. The van der Waals surface area contributed by atoms with E-state index in [1.807, 2.05) is 0 Å². The van der Waals surface area contributed by atoms with Crippen LogP contribution in [-0.2, 0) is 4.79 Å². The average Bonchev–Trinajstić information content (AvgIpc) is 2.66. The van der Waals surface area contributed by atoms with E-state index in [-0.39, 0.29) is 17.1 Å². The topological polar surface area (TPSA) is 77.8 Å². The van der Waals surface area contributed by atoms with Gasteiger partial charge in [-0.1, -0.05) is 103 Å². The lowest BCUT2D eigenvalue weighted by Gasteiger charge is -2.15. The first-order valence-corrected chi connectivity index (χ1v) is 11.3. The number of aliphatic carboxylic acids is 1. The van der Waals surface area contributed by atoms with Gasteiger partial charge in [-0.25, -0.2) is 0 Å². The summed E-state index contributed by atoms with van der Waals surface area (Å²) in [6, 6.07) is 4.37. The van der Waals surface area contributed by atoms with Crippen molar-refractivity contribution in [1.29, 1.82) is 0 Å². The van der Waals surface area contributed by atoms with E-state index in [1.165, 1.54) is 88.8 Å². The number of phenolic OH excluding ortho intramolecular Hbond substituents is 2. The zero-order valence-corrected chi connectivity index (χ0v) is 17.7. The van der Waals surface area contributed by atoms with Crippen LogP contribution in [-0.4, -0.2) is 21.3 Å². The predicted molar refractivity (Wildman–Crippen MR) is 115 cm³/mol. The molecule has 1 aromatic carbocycles. The summed E-state index contributed by atoms with van der Waals surface area (Å²) in [5.41, 5.74) is 0.143. The van der Waals surface area contributed by atoms with E-state index in [0.29, 0.717) is 6.42 Å². The predicted octanol–water partition coefficient (Wildman–Crippen LogP) is 7.14. The Morgan fingerprint density at radius 2 is 1.14 bits per heavy atom. The highest BCUT2D eigenvalue weighted by molar-refractivity contribution is 5.78. The van der Waals surface area contributed by atoms with Crippen LogP contribution in [0.25, 0.3) is 0 Å². The van der Waals surface area contributed by atoms with Crippen LogP contribution >= 0.6 is 0 Å². The van der Waals surface area contributed by atoms with Gasteiger partial charge in [0.2, 0.25) is 0 Å². The van der Waals surface area contributed by atoms with Crippen LogP contribution in [0.4, 0.5) is 0 Å². The van der Waals surface area contributed by atoms with Crippen molar-refractivity contribution >= 4 is 5.97 Å². The number of hydrogen-bond donors (Lipinski definition) is 3. The molecule has 0 saturated carbocycles. The zero-order valence-electron chi connectivity index (χ0n) is 17.7. The molecule has 4 heteroatoms. The lowest BCUT2D eigenvalue weighted by molar-refractivity contribution is -0.139. The quantitative estimate of drug-likeness (QED) is 0.246. The summed E-state index contributed by atoms with van der Waals surface area (Å²) < 4.78 is 0. The third-order valence-electron chi connectivity index (χ3n) is 5.55. The molecule has 4 nitrogen and oxygen atoms in total. The Kier molecular flexibility index (Phi) is 13.2. The SMILES string of the molecule is CCCCCCCCCCCCCCCCC(C(=O)O)c1c(O)cccc1O. The monoisotopic (exact) mass is 392 g/mol. The van der Waals surface area contributed by atoms with Crippen molar-refractivity contribution in [2.75, 3.05) is 0 Å². The second-order valence-corrected chi connectivity index (χ2v) is 7.99. The minimum Gasteiger partial charge on any atom is -0.508 e. The van der Waals surface area contributed by atoms with Gasteiger partial charge in [-0.3, -0.25) is 4.79 Å². The Bertz CT molecular complexity index is 521. The number of unbranched alkanes of at least 4 members (excludes halogenated alkanes) is 13. The first kappa shape index (κ1) is 24.3. The highest BCUT2D eigenvalue weighted by Crippen LogP contribution is 2.36. The number of aromatic hydroxyl groups is 2. The molecule has 1 aromatic rings. The molecular formula is C24H40O4. The summed E-state index contributed by atoms with van der Waals surface area (Å²) >= 11 is 0. The molecule has 3 N–H and O–H groups in total. The zero-order chi connectivity index (χ0) is 20.6.